The minimum atomic E-state index is -0.255. The van der Waals surface area contributed by atoms with Gasteiger partial charge in [-0.05, 0) is 53.2 Å². The van der Waals surface area contributed by atoms with E-state index in [0.29, 0.717) is 33.5 Å². The number of rotatable bonds is 3. The third-order valence-electron chi connectivity index (χ3n) is 3.38. The Morgan fingerprint density at radius 3 is 2.83 bits per heavy atom. The third-order valence-corrected chi connectivity index (χ3v) is 4.15. The topological polar surface area (TPSA) is 55.6 Å². The molecule has 2 heterocycles. The number of nitrogens with one attached hydrogen (secondary N) is 1. The lowest BCUT2D eigenvalue weighted by Gasteiger charge is -2.08. The van der Waals surface area contributed by atoms with Crippen LogP contribution in [0.1, 0.15) is 16.2 Å². The number of ether oxygens (including phenoxy) is 1. The molecule has 0 aliphatic rings. The van der Waals surface area contributed by atoms with Crippen molar-refractivity contribution < 1.29 is 9.53 Å². The molecule has 0 atom stereocenters. The molecule has 0 saturated carbocycles. The van der Waals surface area contributed by atoms with E-state index in [0.717, 1.165) is 4.47 Å². The fourth-order valence-corrected chi connectivity index (χ4v) is 2.94. The van der Waals surface area contributed by atoms with E-state index < -0.39 is 0 Å². The van der Waals surface area contributed by atoms with Gasteiger partial charge in [-0.15, -0.1) is 0 Å². The second-order valence-corrected chi connectivity index (χ2v) is 6.25. The van der Waals surface area contributed by atoms with Crippen LogP contribution >= 0.6 is 27.5 Å². The number of fused-ring (bicyclic) bond motifs is 1. The summed E-state index contributed by atoms with van der Waals surface area (Å²) < 4.78 is 7.72. The average Bonchev–Trinajstić information content (AvgIpc) is 2.82. The zero-order valence-corrected chi connectivity index (χ0v) is 14.8. The molecule has 118 valence electrons. The van der Waals surface area contributed by atoms with Gasteiger partial charge in [0.1, 0.15) is 17.1 Å². The van der Waals surface area contributed by atoms with Crippen molar-refractivity contribution in [1.82, 2.24) is 9.38 Å². The van der Waals surface area contributed by atoms with Gasteiger partial charge in [0.2, 0.25) is 0 Å². The monoisotopic (exact) mass is 393 g/mol. The molecule has 3 aromatic rings. The fraction of sp³-hybridized carbons (Fsp3) is 0.125. The highest BCUT2D eigenvalue weighted by atomic mass is 79.9. The van der Waals surface area contributed by atoms with Gasteiger partial charge in [0, 0.05) is 16.4 Å². The predicted octanol–water partition coefficient (Wildman–Crippen LogP) is 4.32. The van der Waals surface area contributed by atoms with E-state index in [4.69, 9.17) is 16.3 Å². The van der Waals surface area contributed by atoms with E-state index >= 15 is 0 Å². The Morgan fingerprint density at radius 1 is 1.35 bits per heavy atom. The Kier molecular flexibility index (Phi) is 4.28. The minimum Gasteiger partial charge on any atom is -0.495 e. The Balaban J connectivity index is 1.96. The number of aryl methyl sites for hydroxylation is 1. The summed E-state index contributed by atoms with van der Waals surface area (Å²) in [6.07, 6.45) is 1.81. The number of aromatic nitrogens is 2. The number of nitrogens with zero attached hydrogens (tertiary/aromatic N) is 2. The summed E-state index contributed by atoms with van der Waals surface area (Å²) in [5.41, 5.74) is 2.43. The van der Waals surface area contributed by atoms with Crippen molar-refractivity contribution in [3.05, 3.63) is 57.4 Å². The van der Waals surface area contributed by atoms with Crippen molar-refractivity contribution in [2.45, 2.75) is 6.92 Å². The molecule has 0 spiro atoms. The SMILES string of the molecule is COc1ccc(NC(=O)c2c(C)nc3ccc(Br)cn23)cc1Cl. The van der Waals surface area contributed by atoms with Crippen LogP contribution in [0, 0.1) is 6.92 Å². The molecule has 3 rings (SSSR count). The van der Waals surface area contributed by atoms with E-state index in [1.807, 2.05) is 18.3 Å². The minimum absolute atomic E-state index is 0.255. The Hall–Kier alpha value is -2.05. The van der Waals surface area contributed by atoms with Crippen LogP contribution in [0.3, 0.4) is 0 Å². The lowest BCUT2D eigenvalue weighted by atomic mass is 10.2. The van der Waals surface area contributed by atoms with Gasteiger partial charge in [-0.1, -0.05) is 11.6 Å². The molecule has 2 aromatic heterocycles. The highest BCUT2D eigenvalue weighted by Crippen LogP contribution is 2.27. The maximum absolute atomic E-state index is 12.6. The molecular formula is C16H13BrClN3O2. The molecule has 0 aliphatic heterocycles. The first-order valence-corrected chi connectivity index (χ1v) is 7.96. The molecule has 0 bridgehead atoms. The number of amides is 1. The molecule has 0 fully saturated rings. The van der Waals surface area contributed by atoms with Gasteiger partial charge >= 0.3 is 0 Å². The molecule has 1 amide bonds. The van der Waals surface area contributed by atoms with E-state index in [-0.39, 0.29) is 5.91 Å². The number of carbonyl (C=O) groups is 1. The number of benzene rings is 1. The predicted molar refractivity (Wildman–Crippen MR) is 93.6 cm³/mol. The number of anilines is 1. The lowest BCUT2D eigenvalue weighted by Crippen LogP contribution is -2.15. The Labute approximate surface area is 146 Å². The van der Waals surface area contributed by atoms with Gasteiger partial charge in [0.15, 0.2) is 0 Å². The van der Waals surface area contributed by atoms with Crippen LogP contribution in [0.15, 0.2) is 41.0 Å². The van der Waals surface area contributed by atoms with E-state index in [2.05, 4.69) is 26.2 Å². The largest absolute Gasteiger partial charge is 0.495 e. The first-order chi connectivity index (χ1) is 11.0. The van der Waals surface area contributed by atoms with Gasteiger partial charge in [0.25, 0.3) is 5.91 Å². The summed E-state index contributed by atoms with van der Waals surface area (Å²) >= 11 is 9.49. The standard InChI is InChI=1S/C16H13BrClN3O2/c1-9-15(21-8-10(17)3-6-14(21)19-9)16(22)20-11-4-5-13(23-2)12(18)7-11/h3-8H,1-2H3,(H,20,22). The molecule has 0 radical (unpaired) electrons. The van der Waals surface area contributed by atoms with Crippen LogP contribution in [0.5, 0.6) is 5.75 Å². The summed E-state index contributed by atoms with van der Waals surface area (Å²) in [4.78, 5) is 17.0. The van der Waals surface area contributed by atoms with Crippen LogP contribution in [0.25, 0.3) is 5.65 Å². The third kappa shape index (κ3) is 3.04. The van der Waals surface area contributed by atoms with E-state index in [1.165, 1.54) is 0 Å². The van der Waals surface area contributed by atoms with Crippen LogP contribution < -0.4 is 10.1 Å². The van der Waals surface area contributed by atoms with Crippen LogP contribution in [-0.2, 0) is 0 Å². The van der Waals surface area contributed by atoms with Gasteiger partial charge in [0.05, 0.1) is 17.8 Å². The number of hydrogen-bond donors (Lipinski definition) is 1. The molecule has 1 aromatic carbocycles. The number of imidazole rings is 1. The van der Waals surface area contributed by atoms with Crippen LogP contribution in [0.4, 0.5) is 5.69 Å². The van der Waals surface area contributed by atoms with E-state index in [1.54, 1.807) is 36.6 Å². The average molecular weight is 395 g/mol. The van der Waals surface area contributed by atoms with Crippen molar-refractivity contribution >= 4 is 44.8 Å². The van der Waals surface area contributed by atoms with Gasteiger partial charge in [-0.2, -0.15) is 0 Å². The first kappa shape index (κ1) is 15.8. The molecule has 23 heavy (non-hydrogen) atoms. The molecule has 5 nitrogen and oxygen atoms in total. The van der Waals surface area contributed by atoms with Crippen molar-refractivity contribution in [3.63, 3.8) is 0 Å². The molecule has 0 aliphatic carbocycles. The highest BCUT2D eigenvalue weighted by Gasteiger charge is 2.17. The molecule has 0 saturated heterocycles. The molecule has 0 unspecified atom stereocenters. The van der Waals surface area contributed by atoms with Gasteiger partial charge in [-0.25, -0.2) is 4.98 Å². The molecular weight excluding hydrogens is 382 g/mol. The summed E-state index contributed by atoms with van der Waals surface area (Å²) in [5.74, 6) is 0.300. The number of hydrogen-bond acceptors (Lipinski definition) is 3. The van der Waals surface area contributed by atoms with Gasteiger partial charge in [-0.3, -0.25) is 9.20 Å². The lowest BCUT2D eigenvalue weighted by molar-refractivity contribution is 0.102. The molecule has 7 heteroatoms. The fourth-order valence-electron chi connectivity index (χ4n) is 2.34. The summed E-state index contributed by atoms with van der Waals surface area (Å²) in [5, 5.41) is 3.27. The normalized spacial score (nSPS) is 10.8. The number of methoxy groups -OCH3 is 1. The quantitative estimate of drug-likeness (QED) is 0.720. The number of pyridine rings is 1. The summed E-state index contributed by atoms with van der Waals surface area (Å²) in [6.45, 7) is 1.80. The van der Waals surface area contributed by atoms with E-state index in [9.17, 15) is 4.79 Å². The first-order valence-electron chi connectivity index (χ1n) is 6.78. The van der Waals surface area contributed by atoms with Gasteiger partial charge < -0.3 is 10.1 Å². The van der Waals surface area contributed by atoms with Crippen LogP contribution in [0.2, 0.25) is 5.02 Å². The summed E-state index contributed by atoms with van der Waals surface area (Å²) in [7, 11) is 1.54. The second kappa shape index (κ2) is 6.22. The smallest absolute Gasteiger partial charge is 0.274 e. The Bertz CT molecular complexity index is 908. The molecule has 1 N–H and O–H groups in total. The van der Waals surface area contributed by atoms with Crippen molar-refractivity contribution in [2.75, 3.05) is 12.4 Å². The zero-order chi connectivity index (χ0) is 16.6. The maximum atomic E-state index is 12.6. The summed E-state index contributed by atoms with van der Waals surface area (Å²) in [6, 6.07) is 8.81. The van der Waals surface area contributed by atoms with Crippen molar-refractivity contribution in [2.24, 2.45) is 0 Å². The number of carbonyl (C=O) groups excluding carboxylic acids is 1. The Morgan fingerprint density at radius 2 is 2.13 bits per heavy atom. The highest BCUT2D eigenvalue weighted by molar-refractivity contribution is 9.10. The second-order valence-electron chi connectivity index (χ2n) is 4.92. The maximum Gasteiger partial charge on any atom is 0.274 e. The van der Waals surface area contributed by atoms with Crippen molar-refractivity contribution in [1.29, 1.82) is 0 Å². The number of halogens is 2. The van der Waals surface area contributed by atoms with Crippen LogP contribution in [-0.4, -0.2) is 22.4 Å². The van der Waals surface area contributed by atoms with Crippen molar-refractivity contribution in [3.8, 4) is 5.75 Å². The zero-order valence-electron chi connectivity index (χ0n) is 12.4.